The number of benzene rings is 2. The summed E-state index contributed by atoms with van der Waals surface area (Å²) in [6.45, 7) is 1.98. The lowest BCUT2D eigenvalue weighted by Gasteiger charge is -2.08. The number of nitrogens with one attached hydrogen (secondary N) is 1. The fourth-order valence-corrected chi connectivity index (χ4v) is 2.25. The van der Waals surface area contributed by atoms with Gasteiger partial charge in [0.2, 0.25) is 5.91 Å². The lowest BCUT2D eigenvalue weighted by Crippen LogP contribution is -2.13. The number of rotatable bonds is 5. The van der Waals surface area contributed by atoms with Crippen molar-refractivity contribution in [3.63, 3.8) is 0 Å². The Hall–Kier alpha value is -2.30. The fourth-order valence-electron chi connectivity index (χ4n) is 1.94. The molecule has 0 saturated carbocycles. The number of hydrogen-bond donors (Lipinski definition) is 1. The van der Waals surface area contributed by atoms with E-state index in [1.807, 2.05) is 0 Å². The predicted molar refractivity (Wildman–Crippen MR) is 96.5 cm³/mol. The van der Waals surface area contributed by atoms with Gasteiger partial charge in [-0.15, -0.1) is 0 Å². The SMILES string of the molecule is CCOC(=O)c1ccccc1NC(=O)/C=C/c1ccc(Cl)c(Cl)c1. The van der Waals surface area contributed by atoms with Gasteiger partial charge in [-0.2, -0.15) is 0 Å². The average Bonchev–Trinajstić information content (AvgIpc) is 2.56. The van der Waals surface area contributed by atoms with Crippen LogP contribution in [0.15, 0.2) is 48.5 Å². The summed E-state index contributed by atoms with van der Waals surface area (Å²) in [5, 5.41) is 3.52. The number of para-hydroxylation sites is 1. The van der Waals surface area contributed by atoms with Gasteiger partial charge in [0, 0.05) is 6.08 Å². The maximum absolute atomic E-state index is 12.1. The molecule has 0 saturated heterocycles. The summed E-state index contributed by atoms with van der Waals surface area (Å²) in [5.41, 5.74) is 1.42. The molecule has 1 amide bonds. The predicted octanol–water partition coefficient (Wildman–Crippen LogP) is 4.82. The lowest BCUT2D eigenvalue weighted by molar-refractivity contribution is -0.111. The number of carbonyl (C=O) groups excluding carboxylic acids is 2. The molecule has 0 bridgehead atoms. The molecule has 0 aliphatic carbocycles. The van der Waals surface area contributed by atoms with E-state index in [4.69, 9.17) is 27.9 Å². The Morgan fingerprint density at radius 1 is 1.12 bits per heavy atom. The maximum atomic E-state index is 12.1. The first kappa shape index (κ1) is 18.0. The third-order valence-corrected chi connectivity index (χ3v) is 3.79. The van der Waals surface area contributed by atoms with E-state index in [0.717, 1.165) is 5.56 Å². The Labute approximate surface area is 150 Å². The molecule has 0 aromatic heterocycles. The van der Waals surface area contributed by atoms with Crippen LogP contribution in [-0.2, 0) is 9.53 Å². The summed E-state index contributed by atoms with van der Waals surface area (Å²) in [6.07, 6.45) is 2.95. The Bertz CT molecular complexity index is 788. The monoisotopic (exact) mass is 363 g/mol. The van der Waals surface area contributed by atoms with Gasteiger partial charge in [0.15, 0.2) is 0 Å². The third kappa shape index (κ3) is 4.85. The largest absolute Gasteiger partial charge is 0.462 e. The second-order valence-corrected chi connectivity index (χ2v) is 5.58. The van der Waals surface area contributed by atoms with Crippen molar-refractivity contribution in [1.29, 1.82) is 0 Å². The highest BCUT2D eigenvalue weighted by Crippen LogP contribution is 2.23. The van der Waals surface area contributed by atoms with Crippen LogP contribution in [0.5, 0.6) is 0 Å². The molecular formula is C18H15Cl2NO3. The first-order valence-electron chi connectivity index (χ1n) is 7.21. The van der Waals surface area contributed by atoms with E-state index >= 15 is 0 Å². The van der Waals surface area contributed by atoms with Crippen molar-refractivity contribution in [3.05, 3.63) is 69.7 Å². The summed E-state index contributed by atoms with van der Waals surface area (Å²) in [6, 6.07) is 11.7. The number of esters is 1. The molecule has 0 aliphatic heterocycles. The van der Waals surface area contributed by atoms with Gasteiger partial charge in [-0.05, 0) is 42.8 Å². The maximum Gasteiger partial charge on any atom is 0.340 e. The Kier molecular flexibility index (Phi) is 6.41. The van der Waals surface area contributed by atoms with Gasteiger partial charge in [-0.1, -0.05) is 41.4 Å². The minimum Gasteiger partial charge on any atom is -0.462 e. The van der Waals surface area contributed by atoms with Crippen LogP contribution in [0.4, 0.5) is 5.69 Å². The molecule has 6 heteroatoms. The quantitative estimate of drug-likeness (QED) is 0.611. The van der Waals surface area contributed by atoms with Gasteiger partial charge in [0.1, 0.15) is 0 Å². The van der Waals surface area contributed by atoms with E-state index in [9.17, 15) is 9.59 Å². The summed E-state index contributed by atoms with van der Waals surface area (Å²) >= 11 is 11.8. The topological polar surface area (TPSA) is 55.4 Å². The van der Waals surface area contributed by atoms with Crippen LogP contribution < -0.4 is 5.32 Å². The van der Waals surface area contributed by atoms with Crippen LogP contribution in [-0.4, -0.2) is 18.5 Å². The molecule has 24 heavy (non-hydrogen) atoms. The second-order valence-electron chi connectivity index (χ2n) is 4.76. The van der Waals surface area contributed by atoms with Gasteiger partial charge < -0.3 is 10.1 Å². The molecule has 1 N–H and O–H groups in total. The van der Waals surface area contributed by atoms with Gasteiger partial charge in [-0.25, -0.2) is 4.79 Å². The van der Waals surface area contributed by atoms with Gasteiger partial charge >= 0.3 is 5.97 Å². The number of anilines is 1. The highest BCUT2D eigenvalue weighted by atomic mass is 35.5. The zero-order chi connectivity index (χ0) is 17.5. The molecule has 0 heterocycles. The normalized spacial score (nSPS) is 10.6. The standard InChI is InChI=1S/C18H15Cl2NO3/c1-2-24-18(23)13-5-3-4-6-16(13)21-17(22)10-8-12-7-9-14(19)15(20)11-12/h3-11H,2H2,1H3,(H,21,22)/b10-8+. The van der Waals surface area contributed by atoms with Crippen LogP contribution in [0.1, 0.15) is 22.8 Å². The molecule has 2 aromatic rings. The van der Waals surface area contributed by atoms with Crippen LogP contribution in [0.25, 0.3) is 6.08 Å². The minimum atomic E-state index is -0.484. The van der Waals surface area contributed by atoms with E-state index in [1.165, 1.54) is 6.08 Å². The molecule has 0 atom stereocenters. The first-order chi connectivity index (χ1) is 11.5. The molecule has 0 fully saturated rings. The molecule has 2 rings (SSSR count). The summed E-state index contributed by atoms with van der Waals surface area (Å²) in [4.78, 5) is 23.9. The number of carbonyl (C=O) groups is 2. The van der Waals surface area contributed by atoms with Crippen LogP contribution in [0.3, 0.4) is 0 Å². The smallest absolute Gasteiger partial charge is 0.340 e. The number of amides is 1. The molecule has 0 spiro atoms. The summed E-state index contributed by atoms with van der Waals surface area (Å²) < 4.78 is 4.97. The van der Waals surface area contributed by atoms with Crippen molar-refractivity contribution in [2.75, 3.05) is 11.9 Å². The number of halogens is 2. The van der Waals surface area contributed by atoms with Crippen molar-refractivity contribution >= 4 is 46.8 Å². The second kappa shape index (κ2) is 8.52. The third-order valence-electron chi connectivity index (χ3n) is 3.05. The Morgan fingerprint density at radius 3 is 2.58 bits per heavy atom. The van der Waals surface area contributed by atoms with Crippen LogP contribution in [0.2, 0.25) is 10.0 Å². The summed E-state index contributed by atoms with van der Waals surface area (Å²) in [7, 11) is 0. The molecule has 4 nitrogen and oxygen atoms in total. The van der Waals surface area contributed by atoms with E-state index in [-0.39, 0.29) is 12.5 Å². The molecular weight excluding hydrogens is 349 g/mol. The van der Waals surface area contributed by atoms with E-state index in [2.05, 4.69) is 5.32 Å². The highest BCUT2D eigenvalue weighted by molar-refractivity contribution is 6.42. The van der Waals surface area contributed by atoms with E-state index in [0.29, 0.717) is 21.3 Å². The highest BCUT2D eigenvalue weighted by Gasteiger charge is 2.12. The molecule has 0 unspecified atom stereocenters. The molecule has 0 aliphatic rings. The minimum absolute atomic E-state index is 0.262. The number of ether oxygens (including phenoxy) is 1. The van der Waals surface area contributed by atoms with Crippen molar-refractivity contribution in [2.24, 2.45) is 0 Å². The van der Waals surface area contributed by atoms with Crippen molar-refractivity contribution < 1.29 is 14.3 Å². The van der Waals surface area contributed by atoms with E-state index in [1.54, 1.807) is 55.5 Å². The van der Waals surface area contributed by atoms with E-state index < -0.39 is 5.97 Å². The first-order valence-corrected chi connectivity index (χ1v) is 7.97. The van der Waals surface area contributed by atoms with Gasteiger partial charge in [0.05, 0.1) is 27.9 Å². The average molecular weight is 364 g/mol. The molecule has 124 valence electrons. The molecule has 0 radical (unpaired) electrons. The number of hydrogen-bond acceptors (Lipinski definition) is 3. The molecule has 2 aromatic carbocycles. The van der Waals surface area contributed by atoms with Crippen LogP contribution in [0, 0.1) is 0 Å². The van der Waals surface area contributed by atoms with Gasteiger partial charge in [0.25, 0.3) is 0 Å². The summed E-state index contributed by atoms with van der Waals surface area (Å²) in [5.74, 6) is -0.861. The van der Waals surface area contributed by atoms with Crippen molar-refractivity contribution in [1.82, 2.24) is 0 Å². The zero-order valence-electron chi connectivity index (χ0n) is 12.9. The van der Waals surface area contributed by atoms with Crippen LogP contribution >= 0.6 is 23.2 Å². The Morgan fingerprint density at radius 2 is 1.88 bits per heavy atom. The lowest BCUT2D eigenvalue weighted by atomic mass is 10.1. The fraction of sp³-hybridized carbons (Fsp3) is 0.111. The van der Waals surface area contributed by atoms with Crippen molar-refractivity contribution in [3.8, 4) is 0 Å². The van der Waals surface area contributed by atoms with Gasteiger partial charge in [-0.3, -0.25) is 4.79 Å². The van der Waals surface area contributed by atoms with Crippen molar-refractivity contribution in [2.45, 2.75) is 6.92 Å². The zero-order valence-corrected chi connectivity index (χ0v) is 14.4. The Balaban J connectivity index is 2.11.